The number of carbonyl (C=O) groups excluding carboxylic acids is 1. The van der Waals surface area contributed by atoms with Gasteiger partial charge in [0.05, 0.1) is 12.0 Å². The lowest BCUT2D eigenvalue weighted by atomic mass is 10.2. The van der Waals surface area contributed by atoms with E-state index in [0.717, 1.165) is 6.07 Å². The zero-order chi connectivity index (χ0) is 16.4. The highest BCUT2D eigenvalue weighted by Crippen LogP contribution is 2.35. The van der Waals surface area contributed by atoms with Crippen molar-refractivity contribution in [3.8, 4) is 23.0 Å². The van der Waals surface area contributed by atoms with E-state index >= 15 is 0 Å². The van der Waals surface area contributed by atoms with Gasteiger partial charge in [0.2, 0.25) is 6.79 Å². The average molecular weight is 317 g/mol. The Morgan fingerprint density at radius 2 is 1.96 bits per heavy atom. The van der Waals surface area contributed by atoms with Crippen LogP contribution in [0.5, 0.6) is 23.0 Å². The lowest BCUT2D eigenvalue weighted by molar-refractivity contribution is -0.384. The molecular weight excluding hydrogens is 306 g/mol. The number of nitro benzene ring substituents is 1. The number of rotatable bonds is 4. The molecule has 1 aliphatic rings. The molecule has 0 amide bonds. The maximum Gasteiger partial charge on any atom is 0.347 e. The second kappa shape index (κ2) is 5.84. The largest absolute Gasteiger partial charge is 0.496 e. The predicted molar refractivity (Wildman–Crippen MR) is 77.2 cm³/mol. The minimum Gasteiger partial charge on any atom is -0.496 e. The van der Waals surface area contributed by atoms with Crippen LogP contribution in [0.1, 0.15) is 10.4 Å². The third-order valence-corrected chi connectivity index (χ3v) is 3.17. The van der Waals surface area contributed by atoms with Gasteiger partial charge in [-0.2, -0.15) is 0 Å². The topological polar surface area (TPSA) is 97.1 Å². The molecule has 2 aromatic carbocycles. The number of benzene rings is 2. The fraction of sp³-hybridized carbons (Fsp3) is 0.133. The first-order valence-corrected chi connectivity index (χ1v) is 6.53. The Morgan fingerprint density at radius 3 is 2.70 bits per heavy atom. The number of ether oxygens (including phenoxy) is 4. The molecule has 1 aliphatic heterocycles. The summed E-state index contributed by atoms with van der Waals surface area (Å²) in [6, 6.07) is 8.34. The molecule has 0 unspecified atom stereocenters. The molecule has 0 spiro atoms. The average Bonchev–Trinajstić information content (AvgIpc) is 3.01. The van der Waals surface area contributed by atoms with Gasteiger partial charge in [0.25, 0.3) is 5.69 Å². The maximum atomic E-state index is 12.3. The molecule has 8 nitrogen and oxygen atoms in total. The van der Waals surface area contributed by atoms with Crippen molar-refractivity contribution in [2.24, 2.45) is 0 Å². The molecule has 1 heterocycles. The van der Waals surface area contributed by atoms with Crippen LogP contribution in [0.25, 0.3) is 0 Å². The van der Waals surface area contributed by atoms with Crippen LogP contribution < -0.4 is 18.9 Å². The number of fused-ring (bicyclic) bond motifs is 1. The summed E-state index contributed by atoms with van der Waals surface area (Å²) in [5.74, 6) is 0.651. The van der Waals surface area contributed by atoms with E-state index in [-0.39, 0.29) is 29.5 Å². The molecule has 0 radical (unpaired) electrons. The van der Waals surface area contributed by atoms with E-state index in [1.165, 1.54) is 31.4 Å². The molecule has 118 valence electrons. The van der Waals surface area contributed by atoms with Gasteiger partial charge >= 0.3 is 5.97 Å². The molecule has 0 aliphatic carbocycles. The van der Waals surface area contributed by atoms with E-state index in [9.17, 15) is 14.9 Å². The van der Waals surface area contributed by atoms with Gasteiger partial charge < -0.3 is 18.9 Å². The Hall–Kier alpha value is -3.29. The van der Waals surface area contributed by atoms with Gasteiger partial charge in [-0.15, -0.1) is 0 Å². The standard InChI is InChI=1S/C15H11NO7/c1-20-12-4-2-9(16(18)19)6-11(12)15(17)23-10-3-5-13-14(7-10)22-8-21-13/h2-7H,8H2,1H3. The second-order valence-corrected chi connectivity index (χ2v) is 4.55. The number of esters is 1. The summed E-state index contributed by atoms with van der Waals surface area (Å²) in [6.07, 6.45) is 0. The number of nitrogens with zero attached hydrogens (tertiary/aromatic N) is 1. The minimum atomic E-state index is -0.774. The molecule has 23 heavy (non-hydrogen) atoms. The molecule has 3 rings (SSSR count). The third kappa shape index (κ3) is 2.86. The smallest absolute Gasteiger partial charge is 0.347 e. The highest BCUT2D eigenvalue weighted by atomic mass is 16.7. The van der Waals surface area contributed by atoms with Crippen molar-refractivity contribution >= 4 is 11.7 Å². The van der Waals surface area contributed by atoms with Gasteiger partial charge in [-0.25, -0.2) is 4.79 Å². The van der Waals surface area contributed by atoms with Crippen LogP contribution in [0.4, 0.5) is 5.69 Å². The highest BCUT2D eigenvalue weighted by Gasteiger charge is 2.21. The van der Waals surface area contributed by atoms with Crippen LogP contribution >= 0.6 is 0 Å². The molecule has 0 atom stereocenters. The Balaban J connectivity index is 1.88. The number of hydrogen-bond acceptors (Lipinski definition) is 7. The first kappa shape index (κ1) is 14.6. The van der Waals surface area contributed by atoms with Crippen LogP contribution in [-0.4, -0.2) is 24.8 Å². The van der Waals surface area contributed by atoms with Crippen LogP contribution in [0.15, 0.2) is 36.4 Å². The van der Waals surface area contributed by atoms with Crippen LogP contribution in [0, 0.1) is 10.1 Å². The Bertz CT molecular complexity index is 787. The van der Waals surface area contributed by atoms with Gasteiger partial charge in [-0.1, -0.05) is 0 Å². The lowest BCUT2D eigenvalue weighted by Gasteiger charge is -2.08. The Labute approximate surface area is 130 Å². The molecule has 2 aromatic rings. The fourth-order valence-electron chi connectivity index (χ4n) is 2.07. The number of nitro groups is 1. The number of non-ortho nitro benzene ring substituents is 1. The van der Waals surface area contributed by atoms with Gasteiger partial charge in [-0.3, -0.25) is 10.1 Å². The predicted octanol–water partition coefficient (Wildman–Crippen LogP) is 2.55. The molecule has 0 N–H and O–H groups in total. The van der Waals surface area contributed by atoms with Gasteiger partial charge in [0.1, 0.15) is 17.1 Å². The molecule has 0 fully saturated rings. The first-order valence-electron chi connectivity index (χ1n) is 6.53. The van der Waals surface area contributed by atoms with Crippen molar-refractivity contribution in [1.82, 2.24) is 0 Å². The van der Waals surface area contributed by atoms with Crippen molar-refractivity contribution in [1.29, 1.82) is 0 Å². The normalized spacial score (nSPS) is 11.9. The molecule has 0 saturated heterocycles. The maximum absolute atomic E-state index is 12.3. The van der Waals surface area contributed by atoms with E-state index in [0.29, 0.717) is 11.5 Å². The van der Waals surface area contributed by atoms with Gasteiger partial charge in [0.15, 0.2) is 11.5 Å². The fourth-order valence-corrected chi connectivity index (χ4v) is 2.07. The van der Waals surface area contributed by atoms with Crippen molar-refractivity contribution in [2.45, 2.75) is 0 Å². The Kier molecular flexibility index (Phi) is 3.71. The lowest BCUT2D eigenvalue weighted by Crippen LogP contribution is -2.10. The monoisotopic (exact) mass is 317 g/mol. The molecule has 8 heteroatoms. The second-order valence-electron chi connectivity index (χ2n) is 4.55. The molecule has 0 saturated carbocycles. The number of methoxy groups -OCH3 is 1. The quantitative estimate of drug-likeness (QED) is 0.370. The molecule has 0 aromatic heterocycles. The van der Waals surface area contributed by atoms with E-state index in [4.69, 9.17) is 18.9 Å². The van der Waals surface area contributed by atoms with E-state index < -0.39 is 10.9 Å². The zero-order valence-corrected chi connectivity index (χ0v) is 12.0. The van der Waals surface area contributed by atoms with Crippen molar-refractivity contribution in [3.05, 3.63) is 52.1 Å². The van der Waals surface area contributed by atoms with E-state index in [1.54, 1.807) is 6.07 Å². The summed E-state index contributed by atoms with van der Waals surface area (Å²) in [5, 5.41) is 10.8. The summed E-state index contributed by atoms with van der Waals surface area (Å²) in [6.45, 7) is 0.103. The summed E-state index contributed by atoms with van der Waals surface area (Å²) in [5.41, 5.74) is -0.275. The van der Waals surface area contributed by atoms with Crippen LogP contribution in [0.3, 0.4) is 0 Å². The van der Waals surface area contributed by atoms with Crippen molar-refractivity contribution in [3.63, 3.8) is 0 Å². The molecule has 0 bridgehead atoms. The van der Waals surface area contributed by atoms with Gasteiger partial charge in [-0.05, 0) is 18.2 Å². The van der Waals surface area contributed by atoms with E-state index in [2.05, 4.69) is 0 Å². The highest BCUT2D eigenvalue weighted by molar-refractivity contribution is 5.94. The summed E-state index contributed by atoms with van der Waals surface area (Å²) < 4.78 is 20.6. The first-order chi connectivity index (χ1) is 11.1. The number of hydrogen-bond donors (Lipinski definition) is 0. The van der Waals surface area contributed by atoms with Crippen LogP contribution in [-0.2, 0) is 0 Å². The van der Waals surface area contributed by atoms with Crippen molar-refractivity contribution in [2.75, 3.05) is 13.9 Å². The van der Waals surface area contributed by atoms with E-state index in [1.807, 2.05) is 0 Å². The van der Waals surface area contributed by atoms with Gasteiger partial charge in [0, 0.05) is 18.2 Å². The summed E-state index contributed by atoms with van der Waals surface area (Å²) in [7, 11) is 1.36. The number of carbonyl (C=O) groups is 1. The molecular formula is C15H11NO7. The zero-order valence-electron chi connectivity index (χ0n) is 12.0. The summed E-state index contributed by atoms with van der Waals surface area (Å²) >= 11 is 0. The van der Waals surface area contributed by atoms with Crippen molar-refractivity contribution < 1.29 is 28.7 Å². The summed E-state index contributed by atoms with van der Waals surface area (Å²) in [4.78, 5) is 22.5. The third-order valence-electron chi connectivity index (χ3n) is 3.17. The minimum absolute atomic E-state index is 0.0423. The van der Waals surface area contributed by atoms with Crippen LogP contribution in [0.2, 0.25) is 0 Å². The Morgan fingerprint density at radius 1 is 1.17 bits per heavy atom. The SMILES string of the molecule is COc1ccc([N+](=O)[O-])cc1C(=O)Oc1ccc2c(c1)OCO2.